The van der Waals surface area contributed by atoms with Crippen LogP contribution in [0.2, 0.25) is 0 Å². The number of hydrogen-bond acceptors (Lipinski definition) is 4. The van der Waals surface area contributed by atoms with Crippen molar-refractivity contribution < 1.29 is 23.0 Å². The molecule has 106 valence electrons. The Hall–Kier alpha value is -2.15. The fourth-order valence-corrected chi connectivity index (χ4v) is 1.62. The van der Waals surface area contributed by atoms with Crippen molar-refractivity contribution >= 4 is 0 Å². The summed E-state index contributed by atoms with van der Waals surface area (Å²) in [5, 5.41) is 8.60. The summed E-state index contributed by atoms with van der Waals surface area (Å²) in [5.41, 5.74) is -0.877. The van der Waals surface area contributed by atoms with Gasteiger partial charge in [-0.25, -0.2) is 9.97 Å². The van der Waals surface area contributed by atoms with Crippen LogP contribution in [0.3, 0.4) is 0 Å². The highest BCUT2D eigenvalue weighted by Gasteiger charge is 2.33. The molecule has 0 unspecified atom stereocenters. The summed E-state index contributed by atoms with van der Waals surface area (Å²) in [6, 6.07) is 5.09. The second-order valence-corrected chi connectivity index (χ2v) is 3.86. The van der Waals surface area contributed by atoms with Crippen molar-refractivity contribution in [2.24, 2.45) is 0 Å². The highest BCUT2D eigenvalue weighted by atomic mass is 19.4. The third-order valence-corrected chi connectivity index (χ3v) is 2.46. The normalized spacial score (nSPS) is 11.4. The number of rotatable bonds is 4. The first kappa shape index (κ1) is 14.3. The Labute approximate surface area is 112 Å². The van der Waals surface area contributed by atoms with E-state index in [0.29, 0.717) is 0 Å². The minimum absolute atomic E-state index is 0.0331. The monoisotopic (exact) mass is 284 g/mol. The molecule has 0 aliphatic carbocycles. The van der Waals surface area contributed by atoms with Crippen LogP contribution < -0.4 is 4.74 Å². The summed E-state index contributed by atoms with van der Waals surface area (Å²) in [5.74, 6) is 0.251. The summed E-state index contributed by atoms with van der Waals surface area (Å²) in [4.78, 5) is 7.72. The van der Waals surface area contributed by atoms with E-state index in [2.05, 4.69) is 9.97 Å². The van der Waals surface area contributed by atoms with E-state index in [4.69, 9.17) is 9.84 Å². The molecule has 1 N–H and O–H groups in total. The molecule has 1 heterocycles. The number of halogens is 3. The quantitative estimate of drug-likeness (QED) is 0.937. The first-order valence-corrected chi connectivity index (χ1v) is 5.74. The van der Waals surface area contributed by atoms with E-state index in [0.717, 1.165) is 6.07 Å². The molecule has 0 aliphatic rings. The molecule has 0 amide bonds. The molecular formula is C13H11F3N2O2. The van der Waals surface area contributed by atoms with E-state index < -0.39 is 11.7 Å². The summed E-state index contributed by atoms with van der Waals surface area (Å²) in [7, 11) is 0. The predicted octanol–water partition coefficient (Wildman–Crippen LogP) is 2.53. The van der Waals surface area contributed by atoms with Gasteiger partial charge in [-0.1, -0.05) is 18.2 Å². The highest BCUT2D eigenvalue weighted by molar-refractivity contribution is 5.61. The minimum Gasteiger partial charge on any atom is -0.488 e. The van der Waals surface area contributed by atoms with Crippen LogP contribution in [0, 0.1) is 0 Å². The molecule has 2 rings (SSSR count). The van der Waals surface area contributed by atoms with Crippen LogP contribution in [-0.4, -0.2) is 28.3 Å². The number of alkyl halides is 3. The molecule has 0 saturated heterocycles. The first-order valence-electron chi connectivity index (χ1n) is 5.74. The maximum atomic E-state index is 12.9. The fraction of sp³-hybridized carbons (Fsp3) is 0.231. The van der Waals surface area contributed by atoms with Crippen LogP contribution in [0.25, 0.3) is 11.4 Å². The maximum Gasteiger partial charge on any atom is 0.417 e. The fourth-order valence-electron chi connectivity index (χ4n) is 1.62. The van der Waals surface area contributed by atoms with Crippen molar-refractivity contribution in [3.05, 3.63) is 42.2 Å². The zero-order valence-corrected chi connectivity index (χ0v) is 10.3. The topological polar surface area (TPSA) is 55.2 Å². The summed E-state index contributed by atoms with van der Waals surface area (Å²) >= 11 is 0. The molecule has 1 aromatic heterocycles. The van der Waals surface area contributed by atoms with Gasteiger partial charge in [0.2, 0.25) is 0 Å². The third-order valence-electron chi connectivity index (χ3n) is 2.46. The largest absolute Gasteiger partial charge is 0.488 e. The lowest BCUT2D eigenvalue weighted by Gasteiger charge is -2.11. The smallest absolute Gasteiger partial charge is 0.417 e. The van der Waals surface area contributed by atoms with Gasteiger partial charge < -0.3 is 9.84 Å². The van der Waals surface area contributed by atoms with Gasteiger partial charge in [0.1, 0.15) is 6.61 Å². The van der Waals surface area contributed by atoms with E-state index in [1.165, 1.54) is 30.6 Å². The summed E-state index contributed by atoms with van der Waals surface area (Å²) < 4.78 is 43.7. The number of benzene rings is 1. The van der Waals surface area contributed by atoms with E-state index in [-0.39, 0.29) is 30.4 Å². The Morgan fingerprint density at radius 2 is 1.75 bits per heavy atom. The Morgan fingerprint density at radius 3 is 2.35 bits per heavy atom. The Morgan fingerprint density at radius 1 is 1.10 bits per heavy atom. The van der Waals surface area contributed by atoms with Gasteiger partial charge in [-0.15, -0.1) is 0 Å². The van der Waals surface area contributed by atoms with Gasteiger partial charge in [-0.3, -0.25) is 0 Å². The van der Waals surface area contributed by atoms with Gasteiger partial charge in [0.25, 0.3) is 0 Å². The van der Waals surface area contributed by atoms with Crippen LogP contribution >= 0.6 is 0 Å². The Bertz CT molecular complexity index is 571. The third kappa shape index (κ3) is 3.24. The van der Waals surface area contributed by atoms with Gasteiger partial charge in [-0.05, 0) is 6.07 Å². The molecule has 2 aromatic rings. The molecule has 7 heteroatoms. The summed E-state index contributed by atoms with van der Waals surface area (Å²) in [6.45, 7) is -0.0967. The molecule has 4 nitrogen and oxygen atoms in total. The average molecular weight is 284 g/mol. The zero-order valence-electron chi connectivity index (χ0n) is 10.3. The number of hydrogen-bond donors (Lipinski definition) is 1. The van der Waals surface area contributed by atoms with Gasteiger partial charge in [0.15, 0.2) is 11.6 Å². The van der Waals surface area contributed by atoms with Gasteiger partial charge >= 0.3 is 6.18 Å². The SMILES string of the molecule is OCCOc1cnc(-c2ccccc2C(F)(F)F)nc1. The van der Waals surface area contributed by atoms with Crippen molar-refractivity contribution in [1.29, 1.82) is 0 Å². The molecule has 0 radical (unpaired) electrons. The Kier molecular flexibility index (Phi) is 4.19. The van der Waals surface area contributed by atoms with E-state index in [1.54, 1.807) is 0 Å². The highest BCUT2D eigenvalue weighted by Crippen LogP contribution is 2.35. The molecule has 0 atom stereocenters. The molecule has 0 aliphatic heterocycles. The van der Waals surface area contributed by atoms with E-state index >= 15 is 0 Å². The molecule has 0 fully saturated rings. The number of aromatic nitrogens is 2. The molecule has 0 saturated carbocycles. The van der Waals surface area contributed by atoms with Crippen LogP contribution in [-0.2, 0) is 6.18 Å². The number of ether oxygens (including phenoxy) is 1. The van der Waals surface area contributed by atoms with E-state index in [9.17, 15) is 13.2 Å². The van der Waals surface area contributed by atoms with Crippen LogP contribution in [0.4, 0.5) is 13.2 Å². The average Bonchev–Trinajstić information content (AvgIpc) is 2.45. The number of aliphatic hydroxyl groups excluding tert-OH is 1. The zero-order chi connectivity index (χ0) is 14.6. The van der Waals surface area contributed by atoms with Crippen molar-refractivity contribution in [2.75, 3.05) is 13.2 Å². The predicted molar refractivity (Wildman–Crippen MR) is 65.1 cm³/mol. The van der Waals surface area contributed by atoms with Gasteiger partial charge in [0, 0.05) is 5.56 Å². The van der Waals surface area contributed by atoms with Crippen LogP contribution in [0.1, 0.15) is 5.56 Å². The van der Waals surface area contributed by atoms with Crippen LogP contribution in [0.15, 0.2) is 36.7 Å². The second-order valence-electron chi connectivity index (χ2n) is 3.86. The molecular weight excluding hydrogens is 273 g/mol. The lowest BCUT2D eigenvalue weighted by atomic mass is 10.1. The van der Waals surface area contributed by atoms with E-state index in [1.807, 2.05) is 0 Å². The van der Waals surface area contributed by atoms with Gasteiger partial charge in [-0.2, -0.15) is 13.2 Å². The Balaban J connectivity index is 2.33. The second kappa shape index (κ2) is 5.87. The lowest BCUT2D eigenvalue weighted by molar-refractivity contribution is -0.137. The molecule has 0 spiro atoms. The number of aliphatic hydroxyl groups is 1. The lowest BCUT2D eigenvalue weighted by Crippen LogP contribution is -2.08. The van der Waals surface area contributed by atoms with Crippen molar-refractivity contribution in [1.82, 2.24) is 9.97 Å². The van der Waals surface area contributed by atoms with Gasteiger partial charge in [0.05, 0.1) is 24.6 Å². The van der Waals surface area contributed by atoms with Crippen molar-refractivity contribution in [3.8, 4) is 17.1 Å². The maximum absolute atomic E-state index is 12.9. The molecule has 1 aromatic carbocycles. The van der Waals surface area contributed by atoms with Crippen molar-refractivity contribution in [3.63, 3.8) is 0 Å². The van der Waals surface area contributed by atoms with Crippen molar-refractivity contribution in [2.45, 2.75) is 6.18 Å². The summed E-state index contributed by atoms with van der Waals surface area (Å²) in [6.07, 6.45) is -1.93. The first-order chi connectivity index (χ1) is 9.52. The van der Waals surface area contributed by atoms with Crippen LogP contribution in [0.5, 0.6) is 5.75 Å². The molecule has 20 heavy (non-hydrogen) atoms. The molecule has 0 bridgehead atoms. The minimum atomic E-state index is -4.47. The number of nitrogens with zero attached hydrogens (tertiary/aromatic N) is 2. The standard InChI is InChI=1S/C13H11F3N2O2/c14-13(15,16)11-4-2-1-3-10(11)12-17-7-9(8-18-12)20-6-5-19/h1-4,7-8,19H,5-6H2.